The van der Waals surface area contributed by atoms with Gasteiger partial charge in [-0.25, -0.2) is 9.59 Å². The van der Waals surface area contributed by atoms with Crippen molar-refractivity contribution in [2.24, 2.45) is 0 Å². The van der Waals surface area contributed by atoms with Crippen molar-refractivity contribution in [1.29, 1.82) is 0 Å². The van der Waals surface area contributed by atoms with Crippen LogP contribution in [0.25, 0.3) is 0 Å². The molecular weight excluding hydrogens is 376 g/mol. The number of carbonyl (C=O) groups is 3. The molecule has 1 aliphatic rings. The lowest BCUT2D eigenvalue weighted by Crippen LogP contribution is -2.28. The highest BCUT2D eigenvalue weighted by Gasteiger charge is 2.29. The first kappa shape index (κ1) is 21.7. The van der Waals surface area contributed by atoms with E-state index in [-0.39, 0.29) is 17.2 Å². The summed E-state index contributed by atoms with van der Waals surface area (Å²) >= 11 is 0. The molecule has 0 fully saturated rings. The quantitative estimate of drug-likeness (QED) is 0.703. The maximum atomic E-state index is 12.6. The summed E-state index contributed by atoms with van der Waals surface area (Å²) in [6.07, 6.45) is 7.33. The van der Waals surface area contributed by atoms with Crippen molar-refractivity contribution in [3.05, 3.63) is 53.9 Å². The van der Waals surface area contributed by atoms with Crippen LogP contribution in [0, 0.1) is 0 Å². The van der Waals surface area contributed by atoms with E-state index >= 15 is 0 Å². The zero-order valence-corrected chi connectivity index (χ0v) is 16.9. The summed E-state index contributed by atoms with van der Waals surface area (Å²) in [5.74, 6) is -1.11. The van der Waals surface area contributed by atoms with Crippen molar-refractivity contribution in [1.82, 2.24) is 0 Å². The molecule has 0 saturated heterocycles. The maximum absolute atomic E-state index is 12.6. The summed E-state index contributed by atoms with van der Waals surface area (Å²) in [5.41, 5.74) is 0.832. The first-order valence-corrected chi connectivity index (χ1v) is 8.99. The fraction of sp³-hybridized carbons (Fsp3) is 0.286. The molecule has 1 aromatic rings. The predicted molar refractivity (Wildman–Crippen MR) is 108 cm³/mol. The minimum absolute atomic E-state index is 0.0120. The standard InChI is InChI=1S/C21H24N2O6/c1-5-8-18(24)22-16-11-10-14(27-2)13-17(16)23-12-7-6-9-15(20(25)28-3)19(23)21(26)29-4/h6-7,9-13H,5,8H2,1-4H3,(H,22,24). The molecule has 1 aromatic carbocycles. The second-order valence-corrected chi connectivity index (χ2v) is 6.00. The van der Waals surface area contributed by atoms with Gasteiger partial charge in [-0.15, -0.1) is 0 Å². The number of methoxy groups -OCH3 is 3. The van der Waals surface area contributed by atoms with Crippen molar-refractivity contribution in [2.75, 3.05) is 31.5 Å². The lowest BCUT2D eigenvalue weighted by molar-refractivity contribution is -0.139. The molecule has 1 aliphatic heterocycles. The Hall–Kier alpha value is -3.55. The van der Waals surface area contributed by atoms with Gasteiger partial charge in [-0.1, -0.05) is 13.0 Å². The first-order valence-electron chi connectivity index (χ1n) is 8.99. The minimum Gasteiger partial charge on any atom is -0.497 e. The van der Waals surface area contributed by atoms with Crippen LogP contribution in [0.15, 0.2) is 53.9 Å². The molecule has 0 aromatic heterocycles. The van der Waals surface area contributed by atoms with Gasteiger partial charge in [0.1, 0.15) is 11.4 Å². The molecule has 0 radical (unpaired) electrons. The Bertz CT molecular complexity index is 885. The molecule has 2 rings (SSSR count). The van der Waals surface area contributed by atoms with E-state index in [9.17, 15) is 14.4 Å². The number of esters is 2. The van der Waals surface area contributed by atoms with Gasteiger partial charge in [-0.2, -0.15) is 0 Å². The third kappa shape index (κ3) is 5.04. The third-order valence-electron chi connectivity index (χ3n) is 4.10. The number of rotatable bonds is 7. The lowest BCUT2D eigenvalue weighted by Gasteiger charge is -2.26. The molecule has 8 nitrogen and oxygen atoms in total. The van der Waals surface area contributed by atoms with Crippen molar-refractivity contribution < 1.29 is 28.6 Å². The van der Waals surface area contributed by atoms with Crippen LogP contribution in [0.5, 0.6) is 5.75 Å². The molecule has 0 unspecified atom stereocenters. The smallest absolute Gasteiger partial charge is 0.355 e. The van der Waals surface area contributed by atoms with Crippen LogP contribution in [0.2, 0.25) is 0 Å². The summed E-state index contributed by atoms with van der Waals surface area (Å²) in [6, 6.07) is 5.00. The Morgan fingerprint density at radius 2 is 1.76 bits per heavy atom. The zero-order valence-electron chi connectivity index (χ0n) is 16.9. The van der Waals surface area contributed by atoms with E-state index in [1.54, 1.807) is 36.6 Å². The van der Waals surface area contributed by atoms with E-state index in [0.717, 1.165) is 0 Å². The number of anilines is 2. The number of hydrogen-bond donors (Lipinski definition) is 1. The van der Waals surface area contributed by atoms with Crippen LogP contribution in [-0.2, 0) is 23.9 Å². The number of nitrogens with zero attached hydrogens (tertiary/aromatic N) is 1. The first-order chi connectivity index (χ1) is 14.0. The van der Waals surface area contributed by atoms with E-state index in [4.69, 9.17) is 14.2 Å². The molecular formula is C21H24N2O6. The van der Waals surface area contributed by atoms with E-state index in [1.807, 2.05) is 6.92 Å². The summed E-state index contributed by atoms with van der Waals surface area (Å²) in [7, 11) is 3.95. The number of hydrogen-bond acceptors (Lipinski definition) is 7. The van der Waals surface area contributed by atoms with Gasteiger partial charge in [0.2, 0.25) is 5.91 Å². The number of allylic oxidation sites excluding steroid dienone is 2. The normalized spacial score (nSPS) is 13.0. The molecule has 8 heteroatoms. The van der Waals surface area contributed by atoms with E-state index < -0.39 is 11.9 Å². The molecule has 1 N–H and O–H groups in total. The fourth-order valence-corrected chi connectivity index (χ4v) is 2.73. The van der Waals surface area contributed by atoms with Gasteiger partial charge in [-0.3, -0.25) is 4.79 Å². The van der Waals surface area contributed by atoms with Crippen LogP contribution in [0.3, 0.4) is 0 Å². The van der Waals surface area contributed by atoms with Gasteiger partial charge in [0.05, 0.1) is 38.3 Å². The van der Waals surface area contributed by atoms with Gasteiger partial charge >= 0.3 is 11.9 Å². The Balaban J connectivity index is 2.69. The van der Waals surface area contributed by atoms with Crippen molar-refractivity contribution in [2.45, 2.75) is 19.8 Å². The van der Waals surface area contributed by atoms with Crippen LogP contribution < -0.4 is 15.0 Å². The van der Waals surface area contributed by atoms with Gasteiger partial charge in [-0.05, 0) is 30.7 Å². The number of carbonyl (C=O) groups excluding carboxylic acids is 3. The molecule has 0 spiro atoms. The number of ether oxygens (including phenoxy) is 3. The average Bonchev–Trinajstić information content (AvgIpc) is 2.96. The lowest BCUT2D eigenvalue weighted by atomic mass is 10.1. The summed E-state index contributed by atoms with van der Waals surface area (Å²) in [6.45, 7) is 1.90. The highest BCUT2D eigenvalue weighted by Crippen LogP contribution is 2.35. The zero-order chi connectivity index (χ0) is 21.4. The fourth-order valence-electron chi connectivity index (χ4n) is 2.73. The van der Waals surface area contributed by atoms with Crippen molar-refractivity contribution in [3.63, 3.8) is 0 Å². The van der Waals surface area contributed by atoms with E-state index in [1.165, 1.54) is 32.3 Å². The molecule has 0 saturated carbocycles. The van der Waals surface area contributed by atoms with E-state index in [2.05, 4.69) is 5.32 Å². The summed E-state index contributed by atoms with van der Waals surface area (Å²) < 4.78 is 15.0. The van der Waals surface area contributed by atoms with Gasteiger partial charge in [0, 0.05) is 18.7 Å². The minimum atomic E-state index is -0.741. The molecule has 1 amide bonds. The SMILES string of the molecule is CCCC(=O)Nc1ccc(OC)cc1N1C=CC=CC(C(=O)OC)=C1C(=O)OC. The average molecular weight is 400 g/mol. The van der Waals surface area contributed by atoms with Crippen molar-refractivity contribution >= 4 is 29.2 Å². The van der Waals surface area contributed by atoms with Crippen molar-refractivity contribution in [3.8, 4) is 5.75 Å². The molecule has 29 heavy (non-hydrogen) atoms. The van der Waals surface area contributed by atoms with Crippen LogP contribution in [0.1, 0.15) is 19.8 Å². The number of benzene rings is 1. The Morgan fingerprint density at radius 1 is 1.03 bits per heavy atom. The monoisotopic (exact) mass is 400 g/mol. The molecule has 0 bridgehead atoms. The topological polar surface area (TPSA) is 94.2 Å². The number of amides is 1. The molecule has 0 atom stereocenters. The highest BCUT2D eigenvalue weighted by atomic mass is 16.5. The summed E-state index contributed by atoms with van der Waals surface area (Å²) in [4.78, 5) is 38.6. The van der Waals surface area contributed by atoms with Gasteiger partial charge in [0.15, 0.2) is 0 Å². The Kier molecular flexibility index (Phi) is 7.59. The highest BCUT2D eigenvalue weighted by molar-refractivity contribution is 6.06. The van der Waals surface area contributed by atoms with Crippen LogP contribution in [0.4, 0.5) is 11.4 Å². The molecule has 0 aliphatic carbocycles. The van der Waals surface area contributed by atoms with Crippen LogP contribution >= 0.6 is 0 Å². The Morgan fingerprint density at radius 3 is 2.38 bits per heavy atom. The second-order valence-electron chi connectivity index (χ2n) is 6.00. The van der Waals surface area contributed by atoms with Gasteiger partial charge < -0.3 is 24.4 Å². The summed E-state index contributed by atoms with van der Waals surface area (Å²) in [5, 5.41) is 2.83. The van der Waals surface area contributed by atoms with Crippen LogP contribution in [-0.4, -0.2) is 39.2 Å². The molecule has 1 heterocycles. The largest absolute Gasteiger partial charge is 0.497 e. The Labute approximate surface area is 169 Å². The predicted octanol–water partition coefficient (Wildman–Crippen LogP) is 2.92. The van der Waals surface area contributed by atoms with Gasteiger partial charge in [0.25, 0.3) is 0 Å². The third-order valence-corrected chi connectivity index (χ3v) is 4.10. The maximum Gasteiger partial charge on any atom is 0.355 e. The number of nitrogens with one attached hydrogen (secondary N) is 1. The second kappa shape index (κ2) is 10.1. The van der Waals surface area contributed by atoms with E-state index in [0.29, 0.717) is 30.0 Å². The molecule has 154 valence electrons.